The van der Waals surface area contributed by atoms with Crippen molar-refractivity contribution in [2.45, 2.75) is 12.8 Å². The standard InChI is InChI=1S/C9H10ClNO2/c1-6(4-10)8-3-2-7(5-11-8)9(12)13/h2-3,5-6H,4H2,1H3,(H,12,13)/p-1. The predicted molar refractivity (Wildman–Crippen MR) is 47.7 cm³/mol. The van der Waals surface area contributed by atoms with E-state index in [1.54, 1.807) is 6.07 Å². The van der Waals surface area contributed by atoms with Crippen molar-refractivity contribution in [3.8, 4) is 0 Å². The molecule has 70 valence electrons. The van der Waals surface area contributed by atoms with Crippen LogP contribution in [0.1, 0.15) is 28.9 Å². The van der Waals surface area contributed by atoms with Crippen molar-refractivity contribution in [2.24, 2.45) is 0 Å². The highest BCUT2D eigenvalue weighted by Gasteiger charge is 2.04. The Morgan fingerprint density at radius 3 is 2.77 bits per heavy atom. The fraction of sp³-hybridized carbons (Fsp3) is 0.333. The summed E-state index contributed by atoms with van der Waals surface area (Å²) in [7, 11) is 0. The smallest absolute Gasteiger partial charge is 0.0730 e. The van der Waals surface area contributed by atoms with Gasteiger partial charge in [-0.2, -0.15) is 0 Å². The van der Waals surface area contributed by atoms with E-state index in [9.17, 15) is 9.90 Å². The van der Waals surface area contributed by atoms with Gasteiger partial charge in [-0.05, 0) is 12.1 Å². The van der Waals surface area contributed by atoms with E-state index in [4.69, 9.17) is 11.6 Å². The van der Waals surface area contributed by atoms with Crippen LogP contribution < -0.4 is 5.11 Å². The van der Waals surface area contributed by atoms with Crippen molar-refractivity contribution >= 4 is 17.6 Å². The normalized spacial score (nSPS) is 12.5. The maximum absolute atomic E-state index is 10.4. The third-order valence-electron chi connectivity index (χ3n) is 1.76. The molecule has 0 saturated heterocycles. The lowest BCUT2D eigenvalue weighted by Gasteiger charge is -2.07. The Labute approximate surface area is 81.4 Å². The van der Waals surface area contributed by atoms with Crippen LogP contribution in [0.3, 0.4) is 0 Å². The molecule has 0 aliphatic rings. The molecule has 4 heteroatoms. The van der Waals surface area contributed by atoms with Gasteiger partial charge in [0.25, 0.3) is 0 Å². The van der Waals surface area contributed by atoms with Crippen LogP contribution in [-0.4, -0.2) is 16.8 Å². The van der Waals surface area contributed by atoms with E-state index in [2.05, 4.69) is 4.98 Å². The summed E-state index contributed by atoms with van der Waals surface area (Å²) in [5, 5.41) is 10.4. The van der Waals surface area contributed by atoms with Gasteiger partial charge in [0.2, 0.25) is 0 Å². The Bertz CT molecular complexity index is 297. The molecule has 0 N–H and O–H groups in total. The minimum atomic E-state index is -1.21. The van der Waals surface area contributed by atoms with Crippen LogP contribution in [0.25, 0.3) is 0 Å². The predicted octanol–water partition coefficient (Wildman–Crippen LogP) is 0.787. The number of hydrogen-bond acceptors (Lipinski definition) is 3. The molecule has 1 aromatic rings. The molecular formula is C9H9ClNO2-. The first-order valence-electron chi connectivity index (χ1n) is 3.88. The number of carbonyl (C=O) groups is 1. The average molecular weight is 199 g/mol. The second-order valence-corrected chi connectivity index (χ2v) is 3.12. The van der Waals surface area contributed by atoms with E-state index in [0.29, 0.717) is 5.88 Å². The number of aromatic carboxylic acids is 1. The number of hydrogen-bond donors (Lipinski definition) is 0. The Kier molecular flexibility index (Phi) is 3.25. The molecule has 0 aliphatic carbocycles. The van der Waals surface area contributed by atoms with Crippen LogP contribution in [0.4, 0.5) is 0 Å². The van der Waals surface area contributed by atoms with E-state index in [1.807, 2.05) is 6.92 Å². The van der Waals surface area contributed by atoms with Crippen molar-refractivity contribution in [1.82, 2.24) is 4.98 Å². The van der Waals surface area contributed by atoms with Gasteiger partial charge in [0.15, 0.2) is 0 Å². The molecule has 0 aromatic carbocycles. The van der Waals surface area contributed by atoms with Gasteiger partial charge >= 0.3 is 0 Å². The minimum absolute atomic E-state index is 0.0884. The first kappa shape index (κ1) is 9.99. The minimum Gasteiger partial charge on any atom is -0.545 e. The second kappa shape index (κ2) is 4.23. The maximum atomic E-state index is 10.4. The van der Waals surface area contributed by atoms with Crippen molar-refractivity contribution in [1.29, 1.82) is 0 Å². The monoisotopic (exact) mass is 198 g/mol. The van der Waals surface area contributed by atoms with E-state index in [-0.39, 0.29) is 11.5 Å². The SMILES string of the molecule is CC(CCl)c1ccc(C(=O)[O-])cn1. The summed E-state index contributed by atoms with van der Waals surface area (Å²) in [6.45, 7) is 1.92. The lowest BCUT2D eigenvalue weighted by atomic mass is 10.1. The summed E-state index contributed by atoms with van der Waals surface area (Å²) >= 11 is 5.62. The summed E-state index contributed by atoms with van der Waals surface area (Å²) in [4.78, 5) is 14.3. The van der Waals surface area contributed by atoms with Gasteiger partial charge in [0.05, 0.1) is 5.97 Å². The lowest BCUT2D eigenvalue weighted by Crippen LogP contribution is -2.22. The molecule has 0 bridgehead atoms. The molecule has 0 radical (unpaired) electrons. The number of pyridine rings is 1. The van der Waals surface area contributed by atoms with Gasteiger partial charge in [0, 0.05) is 29.3 Å². The number of alkyl halides is 1. The summed E-state index contributed by atoms with van der Waals surface area (Å²) in [5.41, 5.74) is 0.880. The van der Waals surface area contributed by atoms with Crippen molar-refractivity contribution in [3.05, 3.63) is 29.6 Å². The topological polar surface area (TPSA) is 53.0 Å². The number of halogens is 1. The summed E-state index contributed by atoms with van der Waals surface area (Å²) in [6, 6.07) is 3.12. The number of carboxylic acid groups (broad SMARTS) is 1. The first-order chi connectivity index (χ1) is 6.15. The molecule has 0 amide bonds. The molecule has 3 nitrogen and oxygen atoms in total. The van der Waals surface area contributed by atoms with Gasteiger partial charge in [-0.25, -0.2) is 0 Å². The average Bonchev–Trinajstić information content (AvgIpc) is 2.17. The van der Waals surface area contributed by atoms with E-state index >= 15 is 0 Å². The van der Waals surface area contributed by atoms with Crippen molar-refractivity contribution in [3.63, 3.8) is 0 Å². The highest BCUT2D eigenvalue weighted by molar-refractivity contribution is 6.18. The van der Waals surface area contributed by atoms with E-state index in [1.165, 1.54) is 12.3 Å². The third kappa shape index (κ3) is 2.42. The number of rotatable bonds is 3. The Hall–Kier alpha value is -1.09. The van der Waals surface area contributed by atoms with Crippen molar-refractivity contribution < 1.29 is 9.90 Å². The van der Waals surface area contributed by atoms with Gasteiger partial charge in [-0.1, -0.05) is 6.92 Å². The van der Waals surface area contributed by atoms with Crippen LogP contribution in [-0.2, 0) is 0 Å². The van der Waals surface area contributed by atoms with Crippen LogP contribution in [0, 0.1) is 0 Å². The zero-order valence-electron chi connectivity index (χ0n) is 7.16. The van der Waals surface area contributed by atoms with Crippen LogP contribution in [0.2, 0.25) is 0 Å². The fourth-order valence-electron chi connectivity index (χ4n) is 0.897. The van der Waals surface area contributed by atoms with Crippen LogP contribution in [0.5, 0.6) is 0 Å². The fourth-order valence-corrected chi connectivity index (χ4v) is 1.05. The molecule has 1 aromatic heterocycles. The van der Waals surface area contributed by atoms with Gasteiger partial charge < -0.3 is 9.90 Å². The molecule has 0 saturated carbocycles. The Morgan fingerprint density at radius 1 is 1.69 bits per heavy atom. The number of carbonyl (C=O) groups excluding carboxylic acids is 1. The summed E-state index contributed by atoms with van der Waals surface area (Å²) in [5.74, 6) is -0.604. The van der Waals surface area contributed by atoms with Crippen LogP contribution in [0.15, 0.2) is 18.3 Å². The Balaban J connectivity index is 2.87. The molecule has 0 aliphatic heterocycles. The van der Waals surface area contributed by atoms with Gasteiger partial charge in [-0.3, -0.25) is 4.98 Å². The Morgan fingerprint density at radius 2 is 2.38 bits per heavy atom. The number of aromatic nitrogens is 1. The number of nitrogens with zero attached hydrogens (tertiary/aromatic N) is 1. The molecule has 1 atom stereocenters. The van der Waals surface area contributed by atoms with E-state index in [0.717, 1.165) is 5.69 Å². The van der Waals surface area contributed by atoms with E-state index < -0.39 is 5.97 Å². The van der Waals surface area contributed by atoms with Crippen molar-refractivity contribution in [2.75, 3.05) is 5.88 Å². The molecular weight excluding hydrogens is 190 g/mol. The molecule has 13 heavy (non-hydrogen) atoms. The zero-order chi connectivity index (χ0) is 9.84. The maximum Gasteiger partial charge on any atom is 0.0730 e. The molecule has 0 spiro atoms. The van der Waals surface area contributed by atoms with Gasteiger partial charge in [-0.15, -0.1) is 11.6 Å². The second-order valence-electron chi connectivity index (χ2n) is 2.81. The molecule has 1 heterocycles. The molecule has 0 fully saturated rings. The zero-order valence-corrected chi connectivity index (χ0v) is 7.91. The lowest BCUT2D eigenvalue weighted by molar-refractivity contribution is -0.255. The largest absolute Gasteiger partial charge is 0.545 e. The summed E-state index contributed by atoms with van der Waals surface area (Å²) in [6.07, 6.45) is 1.29. The highest BCUT2D eigenvalue weighted by atomic mass is 35.5. The number of carboxylic acids is 1. The quantitative estimate of drug-likeness (QED) is 0.675. The first-order valence-corrected chi connectivity index (χ1v) is 4.42. The van der Waals surface area contributed by atoms with Crippen LogP contribution >= 0.6 is 11.6 Å². The molecule has 1 unspecified atom stereocenters. The third-order valence-corrected chi connectivity index (χ3v) is 2.22. The highest BCUT2D eigenvalue weighted by Crippen LogP contribution is 2.13. The molecule has 1 rings (SSSR count). The van der Waals surface area contributed by atoms with Gasteiger partial charge in [0.1, 0.15) is 0 Å². The summed E-state index contributed by atoms with van der Waals surface area (Å²) < 4.78 is 0.